The van der Waals surface area contributed by atoms with Gasteiger partial charge < -0.3 is 18.3 Å². The first-order valence-electron chi connectivity index (χ1n) is 17.5. The maximum Gasteiger partial charge on any atom is 0.227 e. The van der Waals surface area contributed by atoms with Crippen molar-refractivity contribution < 1.29 is 8.83 Å². The molecule has 0 amide bonds. The molecule has 11 rings (SSSR count). The molecule has 0 aliphatic heterocycles. The van der Waals surface area contributed by atoms with E-state index in [4.69, 9.17) is 13.8 Å². The molecule has 0 bridgehead atoms. The van der Waals surface area contributed by atoms with Crippen LogP contribution in [0.2, 0.25) is 0 Å². The molecule has 0 aliphatic rings. The lowest BCUT2D eigenvalue weighted by Gasteiger charge is -2.27. The molecule has 0 saturated heterocycles. The zero-order valence-electron chi connectivity index (χ0n) is 27.9. The lowest BCUT2D eigenvalue weighted by molar-refractivity contribution is 0.620. The van der Waals surface area contributed by atoms with Crippen LogP contribution in [0.5, 0.6) is 0 Å². The zero-order valence-corrected chi connectivity index (χ0v) is 27.9. The fourth-order valence-electron chi connectivity index (χ4n) is 7.94. The monoisotopic (exact) mass is 667 g/mol. The van der Waals surface area contributed by atoms with Crippen molar-refractivity contribution in [1.82, 2.24) is 9.55 Å². The number of furan rings is 1. The van der Waals surface area contributed by atoms with Crippen LogP contribution in [0.15, 0.2) is 185 Å². The van der Waals surface area contributed by atoms with Gasteiger partial charge in [0.2, 0.25) is 5.89 Å². The molecule has 0 aliphatic carbocycles. The minimum atomic E-state index is 0.585. The van der Waals surface area contributed by atoms with Crippen molar-refractivity contribution in [3.05, 3.63) is 176 Å². The lowest BCUT2D eigenvalue weighted by Crippen LogP contribution is -2.11. The van der Waals surface area contributed by atoms with Crippen molar-refractivity contribution in [2.75, 3.05) is 4.90 Å². The van der Waals surface area contributed by atoms with Crippen LogP contribution < -0.4 is 4.90 Å². The first-order valence-corrected chi connectivity index (χ1v) is 17.5. The van der Waals surface area contributed by atoms with E-state index in [0.717, 1.165) is 77.6 Å². The number of hydrogen-bond donors (Lipinski definition) is 0. The molecule has 0 N–H and O–H groups in total. The van der Waals surface area contributed by atoms with Crippen LogP contribution in [-0.4, -0.2) is 9.55 Å². The summed E-state index contributed by atoms with van der Waals surface area (Å²) in [6, 6.07) is 61.3. The Morgan fingerprint density at radius 3 is 2.10 bits per heavy atom. The van der Waals surface area contributed by atoms with Gasteiger partial charge in [-0.2, -0.15) is 0 Å². The largest absolute Gasteiger partial charge is 0.456 e. The van der Waals surface area contributed by atoms with E-state index < -0.39 is 0 Å². The van der Waals surface area contributed by atoms with E-state index in [9.17, 15) is 0 Å². The summed E-state index contributed by atoms with van der Waals surface area (Å²) in [5, 5.41) is 6.85. The van der Waals surface area contributed by atoms with Gasteiger partial charge in [-0.1, -0.05) is 97.1 Å². The second kappa shape index (κ2) is 11.2. The fraction of sp³-hybridized carbons (Fsp3) is 0. The molecule has 11 aromatic rings. The van der Waals surface area contributed by atoms with E-state index in [0.29, 0.717) is 11.5 Å². The summed E-state index contributed by atoms with van der Waals surface area (Å²) < 4.78 is 15.5. The van der Waals surface area contributed by atoms with E-state index in [1.165, 1.54) is 10.8 Å². The van der Waals surface area contributed by atoms with E-state index in [1.807, 2.05) is 48.5 Å². The number of para-hydroxylation sites is 4. The van der Waals surface area contributed by atoms with Crippen LogP contribution in [0.25, 0.3) is 82.8 Å². The van der Waals surface area contributed by atoms with Gasteiger partial charge in [-0.05, 0) is 78.2 Å². The molecule has 0 spiro atoms. The average molecular weight is 668 g/mol. The molecule has 5 heteroatoms. The van der Waals surface area contributed by atoms with Crippen molar-refractivity contribution in [1.29, 1.82) is 0 Å². The highest BCUT2D eigenvalue weighted by Crippen LogP contribution is 2.47. The molecule has 3 heterocycles. The predicted octanol–water partition coefficient (Wildman–Crippen LogP) is 13.1. The minimum absolute atomic E-state index is 0.585. The number of oxazole rings is 1. The van der Waals surface area contributed by atoms with Crippen LogP contribution in [0, 0.1) is 0 Å². The summed E-state index contributed by atoms with van der Waals surface area (Å²) >= 11 is 0. The topological polar surface area (TPSA) is 47.3 Å². The van der Waals surface area contributed by atoms with Crippen molar-refractivity contribution in [2.24, 2.45) is 0 Å². The Hall–Kier alpha value is -7.11. The number of nitrogens with zero attached hydrogens (tertiary/aromatic N) is 3. The molecule has 0 radical (unpaired) electrons. The molecule has 52 heavy (non-hydrogen) atoms. The maximum atomic E-state index is 6.70. The van der Waals surface area contributed by atoms with E-state index >= 15 is 0 Å². The number of anilines is 3. The van der Waals surface area contributed by atoms with Gasteiger partial charge in [0.25, 0.3) is 0 Å². The molecule has 3 aromatic heterocycles. The Morgan fingerprint density at radius 1 is 0.481 bits per heavy atom. The molecule has 0 fully saturated rings. The lowest BCUT2D eigenvalue weighted by atomic mass is 10.00. The van der Waals surface area contributed by atoms with Gasteiger partial charge in [0.05, 0.1) is 28.1 Å². The second-order valence-electron chi connectivity index (χ2n) is 13.1. The smallest absolute Gasteiger partial charge is 0.227 e. The van der Waals surface area contributed by atoms with Gasteiger partial charge in [0, 0.05) is 44.2 Å². The fourth-order valence-corrected chi connectivity index (χ4v) is 7.94. The van der Waals surface area contributed by atoms with Gasteiger partial charge in [-0.15, -0.1) is 0 Å². The molecule has 244 valence electrons. The third-order valence-corrected chi connectivity index (χ3v) is 10.2. The summed E-state index contributed by atoms with van der Waals surface area (Å²) in [5.74, 6) is 0.585. The normalized spacial score (nSPS) is 11.8. The number of benzene rings is 8. The highest BCUT2D eigenvalue weighted by molar-refractivity contribution is 6.25. The minimum Gasteiger partial charge on any atom is -0.456 e. The van der Waals surface area contributed by atoms with E-state index in [-0.39, 0.29) is 0 Å². The third kappa shape index (κ3) is 4.26. The van der Waals surface area contributed by atoms with Gasteiger partial charge >= 0.3 is 0 Å². The van der Waals surface area contributed by atoms with Gasteiger partial charge in [-0.3, -0.25) is 0 Å². The molecular weight excluding hydrogens is 639 g/mol. The van der Waals surface area contributed by atoms with E-state index in [2.05, 4.69) is 137 Å². The van der Waals surface area contributed by atoms with Crippen molar-refractivity contribution >= 4 is 82.7 Å². The first kappa shape index (κ1) is 28.7. The van der Waals surface area contributed by atoms with Gasteiger partial charge in [-0.25, -0.2) is 4.98 Å². The first-order chi connectivity index (χ1) is 25.8. The van der Waals surface area contributed by atoms with E-state index in [1.54, 1.807) is 0 Å². The molecular formula is C47H29N3O2. The zero-order chi connectivity index (χ0) is 34.2. The van der Waals surface area contributed by atoms with Crippen LogP contribution in [0.4, 0.5) is 17.1 Å². The molecule has 0 saturated carbocycles. The Balaban J connectivity index is 1.25. The van der Waals surface area contributed by atoms with Crippen LogP contribution in [0.1, 0.15) is 0 Å². The van der Waals surface area contributed by atoms with Crippen molar-refractivity contribution in [2.45, 2.75) is 0 Å². The van der Waals surface area contributed by atoms with Crippen LogP contribution in [0.3, 0.4) is 0 Å². The number of fused-ring (bicyclic) bond motifs is 9. The highest BCUT2D eigenvalue weighted by atomic mass is 16.3. The summed E-state index contributed by atoms with van der Waals surface area (Å²) in [7, 11) is 0. The maximum absolute atomic E-state index is 6.70. The summed E-state index contributed by atoms with van der Waals surface area (Å²) in [6.45, 7) is 0. The Bertz CT molecular complexity index is 3140. The second-order valence-corrected chi connectivity index (χ2v) is 13.1. The standard InChI is InChI=1S/C47H29N3O2/c1-3-13-31(14-4-1)47-48-37-20-12-23-41(46(37)52-47)50(33-26-27-35-34-18-8-10-24-42(34)51-43(35)29-33)39-22-11-15-30-25-28-40-45(44(30)39)36-19-7-9-21-38(36)49(40)32-16-5-2-6-17-32/h1-29H. The quantitative estimate of drug-likeness (QED) is 0.183. The SMILES string of the molecule is c1ccc(-c2nc3cccc(N(c4ccc5c(c4)oc4ccccc45)c4cccc5ccc6c(c7ccccc7n6-c6ccccc6)c45)c3o2)cc1. The van der Waals surface area contributed by atoms with Crippen molar-refractivity contribution in [3.8, 4) is 17.1 Å². The Kier molecular flexibility index (Phi) is 6.18. The Morgan fingerprint density at radius 2 is 1.21 bits per heavy atom. The summed E-state index contributed by atoms with van der Waals surface area (Å²) in [5.41, 5.74) is 10.4. The highest BCUT2D eigenvalue weighted by Gasteiger charge is 2.25. The van der Waals surface area contributed by atoms with Crippen LogP contribution in [-0.2, 0) is 0 Å². The number of aromatic nitrogens is 2. The number of rotatable bonds is 5. The molecule has 8 aromatic carbocycles. The molecule has 0 unspecified atom stereocenters. The van der Waals surface area contributed by atoms with Gasteiger partial charge in [0.15, 0.2) is 5.58 Å². The van der Waals surface area contributed by atoms with Gasteiger partial charge in [0.1, 0.15) is 16.7 Å². The Labute approximate surface area is 298 Å². The molecule has 5 nitrogen and oxygen atoms in total. The molecule has 0 atom stereocenters. The summed E-state index contributed by atoms with van der Waals surface area (Å²) in [6.07, 6.45) is 0. The third-order valence-electron chi connectivity index (χ3n) is 10.2. The average Bonchev–Trinajstić information content (AvgIpc) is 3.91. The number of hydrogen-bond acceptors (Lipinski definition) is 4. The van der Waals surface area contributed by atoms with Crippen molar-refractivity contribution in [3.63, 3.8) is 0 Å². The summed E-state index contributed by atoms with van der Waals surface area (Å²) in [4.78, 5) is 7.28. The predicted molar refractivity (Wildman–Crippen MR) is 213 cm³/mol. The van der Waals surface area contributed by atoms with Crippen LogP contribution >= 0.6 is 0 Å².